The fourth-order valence-corrected chi connectivity index (χ4v) is 5.38. The first-order valence-corrected chi connectivity index (χ1v) is 12.8. The van der Waals surface area contributed by atoms with Gasteiger partial charge in [-0.3, -0.25) is 19.3 Å². The van der Waals surface area contributed by atoms with E-state index in [0.29, 0.717) is 25.9 Å². The molecule has 3 aliphatic heterocycles. The van der Waals surface area contributed by atoms with Gasteiger partial charge >= 0.3 is 18.2 Å². The number of rotatable bonds is 7. The SMILES string of the molecule is C=CCN1C(=O)NC(c2ccccc2C(F)(F)F)C2=C1CN(C(C)C(=O)N1CCC(C(=O)OCC)CC1)C2=O. The van der Waals surface area contributed by atoms with Gasteiger partial charge in [0.15, 0.2) is 0 Å². The van der Waals surface area contributed by atoms with Gasteiger partial charge in [0.1, 0.15) is 6.04 Å². The number of urea groups is 1. The van der Waals surface area contributed by atoms with Crippen molar-refractivity contribution in [1.29, 1.82) is 0 Å². The molecule has 0 spiro atoms. The number of benzene rings is 1. The predicted octanol–water partition coefficient (Wildman–Crippen LogP) is 3.24. The zero-order chi connectivity index (χ0) is 28.5. The van der Waals surface area contributed by atoms with E-state index in [4.69, 9.17) is 4.74 Å². The highest BCUT2D eigenvalue weighted by Gasteiger charge is 2.48. The van der Waals surface area contributed by atoms with Crippen molar-refractivity contribution < 1.29 is 37.1 Å². The molecule has 4 amide bonds. The number of esters is 1. The number of amides is 4. The summed E-state index contributed by atoms with van der Waals surface area (Å²) in [7, 11) is 0. The number of nitrogens with zero attached hydrogens (tertiary/aromatic N) is 3. The van der Waals surface area contributed by atoms with Crippen LogP contribution < -0.4 is 5.32 Å². The Hall–Kier alpha value is -3.83. The third kappa shape index (κ3) is 5.37. The minimum atomic E-state index is -4.71. The van der Waals surface area contributed by atoms with E-state index in [-0.39, 0.29) is 54.3 Å². The molecule has 0 saturated carbocycles. The summed E-state index contributed by atoms with van der Waals surface area (Å²) in [5.74, 6) is -1.56. The van der Waals surface area contributed by atoms with E-state index < -0.39 is 35.8 Å². The van der Waals surface area contributed by atoms with Crippen LogP contribution in [0.3, 0.4) is 0 Å². The van der Waals surface area contributed by atoms with Crippen LogP contribution in [0, 0.1) is 5.92 Å². The maximum Gasteiger partial charge on any atom is 0.416 e. The molecule has 0 aliphatic carbocycles. The maximum absolute atomic E-state index is 13.8. The monoisotopic (exact) mass is 548 g/mol. The van der Waals surface area contributed by atoms with Gasteiger partial charge in [0, 0.05) is 19.6 Å². The Morgan fingerprint density at radius 1 is 1.21 bits per heavy atom. The van der Waals surface area contributed by atoms with Gasteiger partial charge in [-0.25, -0.2) is 4.79 Å². The van der Waals surface area contributed by atoms with Crippen molar-refractivity contribution in [2.45, 2.75) is 44.9 Å². The first-order chi connectivity index (χ1) is 18.5. The van der Waals surface area contributed by atoms with Gasteiger partial charge < -0.3 is 19.9 Å². The van der Waals surface area contributed by atoms with Gasteiger partial charge in [0.2, 0.25) is 5.91 Å². The summed E-state index contributed by atoms with van der Waals surface area (Å²) >= 11 is 0. The van der Waals surface area contributed by atoms with Gasteiger partial charge in [0.25, 0.3) is 5.91 Å². The number of piperidine rings is 1. The topological polar surface area (TPSA) is 99.3 Å². The van der Waals surface area contributed by atoms with Crippen LogP contribution in [0.15, 0.2) is 48.2 Å². The summed E-state index contributed by atoms with van der Waals surface area (Å²) in [5, 5.41) is 2.55. The number of hydrogen-bond acceptors (Lipinski definition) is 5. The minimum absolute atomic E-state index is 0.00572. The first-order valence-electron chi connectivity index (χ1n) is 12.8. The summed E-state index contributed by atoms with van der Waals surface area (Å²) in [6.07, 6.45) is -2.40. The molecule has 4 rings (SSSR count). The molecule has 1 fully saturated rings. The second-order valence-corrected chi connectivity index (χ2v) is 9.69. The van der Waals surface area contributed by atoms with E-state index in [0.717, 1.165) is 6.07 Å². The Labute approximate surface area is 224 Å². The van der Waals surface area contributed by atoms with Crippen LogP contribution >= 0.6 is 0 Å². The maximum atomic E-state index is 13.8. The summed E-state index contributed by atoms with van der Waals surface area (Å²) in [6.45, 7) is 7.73. The molecule has 0 aromatic heterocycles. The van der Waals surface area contributed by atoms with Crippen LogP contribution in [0.2, 0.25) is 0 Å². The summed E-state index contributed by atoms with van der Waals surface area (Å²) in [6, 6.07) is 1.85. The molecule has 3 heterocycles. The Kier molecular flexibility index (Phi) is 8.03. The second kappa shape index (κ2) is 11.1. The van der Waals surface area contributed by atoms with Crippen molar-refractivity contribution in [2.24, 2.45) is 5.92 Å². The molecule has 1 aromatic carbocycles. The van der Waals surface area contributed by atoms with Crippen LogP contribution in [0.25, 0.3) is 0 Å². The fraction of sp³-hybridized carbons (Fsp3) is 0.481. The van der Waals surface area contributed by atoms with Crippen molar-refractivity contribution >= 4 is 23.8 Å². The number of halogens is 3. The van der Waals surface area contributed by atoms with Crippen molar-refractivity contribution in [3.05, 3.63) is 59.3 Å². The molecule has 3 aliphatic rings. The first kappa shape index (κ1) is 28.2. The average Bonchev–Trinajstić information content (AvgIpc) is 3.26. The molecule has 9 nitrogen and oxygen atoms in total. The standard InChI is InChI=1S/C27H31F3N4O5/c1-4-12-33-20-15-34(16(3)23(35)32-13-10-17(11-14-32)25(37)39-5-2)24(36)21(20)22(31-26(33)38)18-8-6-7-9-19(18)27(28,29)30/h4,6-9,16-17,22H,1,5,10-15H2,2-3H3,(H,31,38). The van der Waals surface area contributed by atoms with Crippen LogP contribution in [0.1, 0.15) is 43.9 Å². The van der Waals surface area contributed by atoms with E-state index >= 15 is 0 Å². The zero-order valence-corrected chi connectivity index (χ0v) is 21.8. The number of carbonyl (C=O) groups excluding carboxylic acids is 4. The van der Waals surface area contributed by atoms with E-state index in [1.807, 2.05) is 0 Å². The molecule has 1 N–H and O–H groups in total. The summed E-state index contributed by atoms with van der Waals surface area (Å²) in [5.41, 5.74) is -0.974. The molecule has 12 heteroatoms. The van der Waals surface area contributed by atoms with E-state index in [9.17, 15) is 32.3 Å². The van der Waals surface area contributed by atoms with Gasteiger partial charge in [-0.2, -0.15) is 13.2 Å². The highest BCUT2D eigenvalue weighted by atomic mass is 19.4. The molecule has 2 unspecified atom stereocenters. The Bertz CT molecular complexity index is 1210. The number of carbonyl (C=O) groups is 4. The lowest BCUT2D eigenvalue weighted by Gasteiger charge is -2.35. The fourth-order valence-electron chi connectivity index (χ4n) is 5.38. The lowest BCUT2D eigenvalue weighted by atomic mass is 9.91. The van der Waals surface area contributed by atoms with Crippen molar-refractivity contribution in [2.75, 3.05) is 32.8 Å². The normalized spacial score (nSPS) is 21.1. The number of ether oxygens (including phenoxy) is 1. The van der Waals surface area contributed by atoms with Gasteiger partial charge in [0.05, 0.1) is 41.9 Å². The van der Waals surface area contributed by atoms with Crippen LogP contribution in [-0.2, 0) is 25.3 Å². The molecule has 0 bridgehead atoms. The van der Waals surface area contributed by atoms with Crippen molar-refractivity contribution in [3.8, 4) is 0 Å². The van der Waals surface area contributed by atoms with E-state index in [1.54, 1.807) is 18.7 Å². The average molecular weight is 549 g/mol. The predicted molar refractivity (Wildman–Crippen MR) is 134 cm³/mol. The summed E-state index contributed by atoms with van der Waals surface area (Å²) in [4.78, 5) is 56.3. The van der Waals surface area contributed by atoms with E-state index in [1.165, 1.54) is 34.1 Å². The largest absolute Gasteiger partial charge is 0.466 e. The highest BCUT2D eigenvalue weighted by molar-refractivity contribution is 6.03. The number of nitrogens with one attached hydrogen (secondary N) is 1. The molecule has 39 heavy (non-hydrogen) atoms. The van der Waals surface area contributed by atoms with Crippen molar-refractivity contribution in [1.82, 2.24) is 20.0 Å². The van der Waals surface area contributed by atoms with Crippen LogP contribution in [0.5, 0.6) is 0 Å². The Morgan fingerprint density at radius 2 is 1.87 bits per heavy atom. The summed E-state index contributed by atoms with van der Waals surface area (Å²) < 4.78 is 46.6. The molecule has 1 aromatic rings. The number of alkyl halides is 3. The molecular weight excluding hydrogens is 517 g/mol. The molecule has 210 valence electrons. The van der Waals surface area contributed by atoms with Crippen LogP contribution in [-0.4, -0.2) is 77.3 Å². The quantitative estimate of drug-likeness (QED) is 0.417. The van der Waals surface area contributed by atoms with Crippen LogP contribution in [0.4, 0.5) is 18.0 Å². The Morgan fingerprint density at radius 3 is 2.49 bits per heavy atom. The van der Waals surface area contributed by atoms with Gasteiger partial charge in [-0.05, 0) is 38.3 Å². The minimum Gasteiger partial charge on any atom is -0.466 e. The number of hydrogen-bond donors (Lipinski definition) is 1. The third-order valence-electron chi connectivity index (χ3n) is 7.39. The number of likely N-dealkylation sites (tertiary alicyclic amines) is 1. The van der Waals surface area contributed by atoms with Crippen molar-refractivity contribution in [3.63, 3.8) is 0 Å². The van der Waals surface area contributed by atoms with Gasteiger partial charge in [-0.1, -0.05) is 24.3 Å². The van der Waals surface area contributed by atoms with Gasteiger partial charge in [-0.15, -0.1) is 6.58 Å². The molecular formula is C27H31F3N4O5. The zero-order valence-electron chi connectivity index (χ0n) is 21.8. The third-order valence-corrected chi connectivity index (χ3v) is 7.39. The lowest BCUT2D eigenvalue weighted by Crippen LogP contribution is -2.51. The molecule has 0 radical (unpaired) electrons. The molecule has 2 atom stereocenters. The Balaban J connectivity index is 1.60. The van der Waals surface area contributed by atoms with E-state index in [2.05, 4.69) is 11.9 Å². The smallest absolute Gasteiger partial charge is 0.416 e. The lowest BCUT2D eigenvalue weighted by molar-refractivity contribution is -0.152. The molecule has 1 saturated heterocycles. The highest BCUT2D eigenvalue weighted by Crippen LogP contribution is 2.42. The second-order valence-electron chi connectivity index (χ2n) is 9.69.